The molecule has 3 rings (SSSR count). The Balaban J connectivity index is 1.69. The summed E-state index contributed by atoms with van der Waals surface area (Å²) in [5, 5.41) is 7.87. The number of thioether (sulfide) groups is 1. The molecule has 148 valence electrons. The lowest BCUT2D eigenvalue weighted by Gasteiger charge is -2.12. The Bertz CT molecular complexity index is 931. The predicted octanol–water partition coefficient (Wildman–Crippen LogP) is 4.84. The third kappa shape index (κ3) is 4.62. The minimum Gasteiger partial charge on any atom is -0.449 e. The molecular formula is C20H23N3O4S. The molecule has 0 fully saturated rings. The monoisotopic (exact) mass is 401 g/mol. The van der Waals surface area contributed by atoms with Gasteiger partial charge < -0.3 is 13.8 Å². The van der Waals surface area contributed by atoms with E-state index in [4.69, 9.17) is 13.8 Å². The fourth-order valence-electron chi connectivity index (χ4n) is 2.65. The van der Waals surface area contributed by atoms with Gasteiger partial charge in [0, 0.05) is 22.6 Å². The molecule has 1 aromatic carbocycles. The van der Waals surface area contributed by atoms with Crippen LogP contribution in [0, 0.1) is 13.8 Å². The van der Waals surface area contributed by atoms with E-state index >= 15 is 0 Å². The lowest BCUT2D eigenvalue weighted by atomic mass is 10.2. The molecule has 0 aliphatic rings. The van der Waals surface area contributed by atoms with Crippen molar-refractivity contribution >= 4 is 17.7 Å². The van der Waals surface area contributed by atoms with E-state index in [0.29, 0.717) is 23.0 Å². The van der Waals surface area contributed by atoms with Crippen molar-refractivity contribution in [2.75, 3.05) is 0 Å². The van der Waals surface area contributed by atoms with E-state index in [2.05, 4.69) is 15.3 Å². The molecule has 0 aliphatic heterocycles. The lowest BCUT2D eigenvalue weighted by molar-refractivity contribution is 0.0261. The van der Waals surface area contributed by atoms with Gasteiger partial charge >= 0.3 is 5.97 Å². The molecule has 2 aromatic heterocycles. The Kier molecular flexibility index (Phi) is 6.51. The maximum Gasteiger partial charge on any atom is 0.340 e. The van der Waals surface area contributed by atoms with Crippen LogP contribution in [0.3, 0.4) is 0 Å². The molecule has 3 aromatic rings. The second-order valence-electron chi connectivity index (χ2n) is 6.43. The number of esters is 1. The predicted molar refractivity (Wildman–Crippen MR) is 104 cm³/mol. The minimum absolute atomic E-state index is 0.303. The van der Waals surface area contributed by atoms with Crippen LogP contribution in [0.15, 0.2) is 38.2 Å². The quantitative estimate of drug-likeness (QED) is 0.391. The van der Waals surface area contributed by atoms with Crippen molar-refractivity contribution in [1.29, 1.82) is 0 Å². The van der Waals surface area contributed by atoms with Crippen molar-refractivity contribution in [3.05, 3.63) is 58.6 Å². The van der Waals surface area contributed by atoms with Crippen LogP contribution in [-0.4, -0.2) is 21.3 Å². The first-order chi connectivity index (χ1) is 13.5. The van der Waals surface area contributed by atoms with Gasteiger partial charge in [-0.2, -0.15) is 4.98 Å². The summed E-state index contributed by atoms with van der Waals surface area (Å²) >= 11 is 1.54. The third-order valence-electron chi connectivity index (χ3n) is 4.25. The number of carbonyl (C=O) groups is 1. The largest absolute Gasteiger partial charge is 0.449 e. The van der Waals surface area contributed by atoms with Crippen LogP contribution in [0.2, 0.25) is 0 Å². The number of aromatic nitrogens is 3. The van der Waals surface area contributed by atoms with Gasteiger partial charge in [0.2, 0.25) is 0 Å². The molecule has 7 nitrogen and oxygen atoms in total. The second-order valence-corrected chi connectivity index (χ2v) is 7.45. The Morgan fingerprint density at radius 2 is 2.00 bits per heavy atom. The Labute approximate surface area is 167 Å². The van der Waals surface area contributed by atoms with Crippen molar-refractivity contribution in [1.82, 2.24) is 15.3 Å². The van der Waals surface area contributed by atoms with Gasteiger partial charge in [-0.1, -0.05) is 29.4 Å². The summed E-state index contributed by atoms with van der Waals surface area (Å²) in [5.41, 5.74) is 2.40. The van der Waals surface area contributed by atoms with Gasteiger partial charge in [-0.25, -0.2) is 4.79 Å². The number of hydrogen-bond acceptors (Lipinski definition) is 8. The fourth-order valence-corrected chi connectivity index (χ4v) is 3.84. The first kappa shape index (κ1) is 20.1. The summed E-state index contributed by atoms with van der Waals surface area (Å²) in [6, 6.07) is 7.36. The Morgan fingerprint density at radius 1 is 1.21 bits per heavy atom. The lowest BCUT2D eigenvalue weighted by Crippen LogP contribution is -2.10. The molecule has 1 atom stereocenters. The normalized spacial score (nSPS) is 12.1. The molecule has 0 N–H and O–H groups in total. The number of hydrogen-bond donors (Lipinski definition) is 0. The zero-order valence-corrected chi connectivity index (χ0v) is 17.2. The van der Waals surface area contributed by atoms with Gasteiger partial charge in [-0.15, -0.1) is 11.8 Å². The molecule has 0 aliphatic carbocycles. The van der Waals surface area contributed by atoms with Crippen LogP contribution in [-0.2, 0) is 16.9 Å². The van der Waals surface area contributed by atoms with E-state index in [1.807, 2.05) is 39.0 Å². The van der Waals surface area contributed by atoms with E-state index in [0.717, 1.165) is 34.8 Å². The molecule has 0 spiro atoms. The molecule has 28 heavy (non-hydrogen) atoms. The molecule has 0 saturated carbocycles. The first-order valence-corrected chi connectivity index (χ1v) is 10.1. The van der Waals surface area contributed by atoms with Gasteiger partial charge in [0.1, 0.15) is 5.76 Å². The first-order valence-electron chi connectivity index (χ1n) is 9.16. The zero-order chi connectivity index (χ0) is 20.1. The smallest absolute Gasteiger partial charge is 0.340 e. The average molecular weight is 401 g/mol. The van der Waals surface area contributed by atoms with Crippen molar-refractivity contribution in [3.8, 4) is 0 Å². The van der Waals surface area contributed by atoms with Gasteiger partial charge in [-0.05, 0) is 39.3 Å². The molecule has 0 saturated heterocycles. The number of benzene rings is 1. The maximum absolute atomic E-state index is 12.7. The van der Waals surface area contributed by atoms with Crippen molar-refractivity contribution in [3.63, 3.8) is 0 Å². The average Bonchev–Trinajstić information content (AvgIpc) is 3.27. The number of nitrogens with zero attached hydrogens (tertiary/aromatic N) is 3. The molecule has 2 heterocycles. The van der Waals surface area contributed by atoms with E-state index in [9.17, 15) is 4.79 Å². The van der Waals surface area contributed by atoms with E-state index < -0.39 is 12.1 Å². The minimum atomic E-state index is -0.619. The molecule has 1 unspecified atom stereocenters. The molecule has 0 amide bonds. The molecular weight excluding hydrogens is 378 g/mol. The maximum atomic E-state index is 12.7. The Morgan fingerprint density at radius 3 is 2.71 bits per heavy atom. The summed E-state index contributed by atoms with van der Waals surface area (Å²) in [6.45, 7) is 7.55. The van der Waals surface area contributed by atoms with Crippen LogP contribution in [0.5, 0.6) is 0 Å². The van der Waals surface area contributed by atoms with Crippen LogP contribution in [0.1, 0.15) is 65.5 Å². The Hall–Kier alpha value is -2.61. The topological polar surface area (TPSA) is 91.2 Å². The second kappa shape index (κ2) is 9.05. The SMILES string of the molecule is CCCc1noc(C(C)OC(=O)c2ccccc2SCc2c(C)noc2C)n1. The summed E-state index contributed by atoms with van der Waals surface area (Å²) in [4.78, 5) is 17.8. The molecule has 0 radical (unpaired) electrons. The standard InChI is InChI=1S/C20H23N3O4S/c1-5-8-18-21-19(27-23-18)14(4)25-20(24)15-9-6-7-10-17(15)28-11-16-12(2)22-26-13(16)3/h6-7,9-10,14H,5,8,11H2,1-4H3. The van der Waals surface area contributed by atoms with Crippen molar-refractivity contribution in [2.45, 2.75) is 57.3 Å². The van der Waals surface area contributed by atoms with E-state index in [1.165, 1.54) is 0 Å². The zero-order valence-electron chi connectivity index (χ0n) is 16.4. The van der Waals surface area contributed by atoms with E-state index in [-0.39, 0.29) is 0 Å². The van der Waals surface area contributed by atoms with Crippen molar-refractivity contribution in [2.24, 2.45) is 0 Å². The number of ether oxygens (including phenoxy) is 1. The highest BCUT2D eigenvalue weighted by molar-refractivity contribution is 7.98. The van der Waals surface area contributed by atoms with Gasteiger partial charge in [-0.3, -0.25) is 0 Å². The van der Waals surface area contributed by atoms with Gasteiger partial charge in [0.05, 0.1) is 11.3 Å². The fraction of sp³-hybridized carbons (Fsp3) is 0.400. The van der Waals surface area contributed by atoms with Gasteiger partial charge in [0.25, 0.3) is 5.89 Å². The summed E-state index contributed by atoms with van der Waals surface area (Å²) in [6.07, 6.45) is 1.03. The van der Waals surface area contributed by atoms with Crippen molar-refractivity contribution < 1.29 is 18.6 Å². The van der Waals surface area contributed by atoms with Crippen LogP contribution >= 0.6 is 11.8 Å². The summed E-state index contributed by atoms with van der Waals surface area (Å²) in [5.74, 6) is 1.95. The molecule has 0 bridgehead atoms. The summed E-state index contributed by atoms with van der Waals surface area (Å²) in [7, 11) is 0. The van der Waals surface area contributed by atoms with Crippen LogP contribution in [0.25, 0.3) is 0 Å². The summed E-state index contributed by atoms with van der Waals surface area (Å²) < 4.78 is 16.0. The van der Waals surface area contributed by atoms with E-state index in [1.54, 1.807) is 24.8 Å². The molecule has 8 heteroatoms. The van der Waals surface area contributed by atoms with Crippen LogP contribution in [0.4, 0.5) is 0 Å². The van der Waals surface area contributed by atoms with Gasteiger partial charge in [0.15, 0.2) is 11.9 Å². The highest BCUT2D eigenvalue weighted by Crippen LogP contribution is 2.30. The number of rotatable bonds is 8. The third-order valence-corrected chi connectivity index (χ3v) is 5.35. The highest BCUT2D eigenvalue weighted by atomic mass is 32.2. The van der Waals surface area contributed by atoms with Crippen LogP contribution < -0.4 is 0 Å². The number of aryl methyl sites for hydroxylation is 3. The number of carbonyl (C=O) groups excluding carboxylic acids is 1. The highest BCUT2D eigenvalue weighted by Gasteiger charge is 2.21.